The van der Waals surface area contributed by atoms with Crippen LogP contribution in [0.3, 0.4) is 0 Å². The van der Waals surface area contributed by atoms with Crippen molar-refractivity contribution < 1.29 is 14.5 Å². The third-order valence-electron chi connectivity index (χ3n) is 4.39. The topological polar surface area (TPSA) is 72.7 Å². The zero-order valence-electron chi connectivity index (χ0n) is 14.7. The predicted octanol–water partition coefficient (Wildman–Crippen LogP) is 4.13. The number of nitrogens with zero attached hydrogens (tertiary/aromatic N) is 2. The third-order valence-corrected chi connectivity index (χ3v) is 5.12. The highest BCUT2D eigenvalue weighted by Crippen LogP contribution is 2.33. The summed E-state index contributed by atoms with van der Waals surface area (Å²) in [5.74, 6) is 0.465. The van der Waals surface area contributed by atoms with Gasteiger partial charge in [-0.05, 0) is 48.9 Å². The number of amides is 1. The molecule has 2 aromatic carbocycles. The third kappa shape index (κ3) is 3.99. The lowest BCUT2D eigenvalue weighted by Gasteiger charge is -2.23. The van der Waals surface area contributed by atoms with Gasteiger partial charge in [-0.15, -0.1) is 11.8 Å². The van der Waals surface area contributed by atoms with Gasteiger partial charge in [-0.1, -0.05) is 12.1 Å². The molecule has 1 aliphatic rings. The predicted molar refractivity (Wildman–Crippen MR) is 101 cm³/mol. The van der Waals surface area contributed by atoms with E-state index in [9.17, 15) is 14.9 Å². The van der Waals surface area contributed by atoms with Crippen LogP contribution in [0.1, 0.15) is 28.8 Å². The van der Waals surface area contributed by atoms with Gasteiger partial charge >= 0.3 is 0 Å². The van der Waals surface area contributed by atoms with Crippen LogP contribution >= 0.6 is 11.8 Å². The lowest BCUT2D eigenvalue weighted by atomic mass is 10.1. The first kappa shape index (κ1) is 18.3. The SMILES string of the molecule is COc1ccc(CN(C(=O)c2cc(SC)ccc2[N+](=O)[O-])C2CC2)cc1. The molecule has 1 fully saturated rings. The number of rotatable bonds is 7. The van der Waals surface area contributed by atoms with Crippen LogP contribution in [0.5, 0.6) is 5.75 Å². The molecule has 0 saturated heterocycles. The standard InChI is InChI=1S/C19H20N2O4S/c1-25-15-7-3-13(4-8-15)12-20(14-5-6-14)19(22)17-11-16(26-2)9-10-18(17)21(23)24/h3-4,7-11,14H,5-6,12H2,1-2H3. The number of ether oxygens (including phenoxy) is 1. The van der Waals surface area contributed by atoms with E-state index in [1.807, 2.05) is 30.5 Å². The molecule has 0 unspecified atom stereocenters. The highest BCUT2D eigenvalue weighted by molar-refractivity contribution is 7.98. The van der Waals surface area contributed by atoms with E-state index in [1.165, 1.54) is 17.8 Å². The Bertz CT molecular complexity index is 819. The number of nitro benzene ring substituents is 1. The van der Waals surface area contributed by atoms with E-state index < -0.39 is 4.92 Å². The molecule has 0 radical (unpaired) electrons. The summed E-state index contributed by atoms with van der Waals surface area (Å²) in [4.78, 5) is 26.6. The molecule has 1 amide bonds. The van der Waals surface area contributed by atoms with Crippen LogP contribution in [-0.4, -0.2) is 35.1 Å². The second kappa shape index (κ2) is 7.78. The summed E-state index contributed by atoms with van der Waals surface area (Å²) < 4.78 is 5.16. The van der Waals surface area contributed by atoms with Gasteiger partial charge in [-0.25, -0.2) is 0 Å². The van der Waals surface area contributed by atoms with Crippen LogP contribution in [-0.2, 0) is 6.54 Å². The molecule has 0 aromatic heterocycles. The first-order valence-corrected chi connectivity index (χ1v) is 9.52. The van der Waals surface area contributed by atoms with Crippen molar-refractivity contribution in [3.8, 4) is 5.75 Å². The maximum Gasteiger partial charge on any atom is 0.282 e. The quantitative estimate of drug-likeness (QED) is 0.415. The van der Waals surface area contributed by atoms with E-state index in [0.29, 0.717) is 6.54 Å². The number of methoxy groups -OCH3 is 1. The minimum Gasteiger partial charge on any atom is -0.497 e. The molecule has 26 heavy (non-hydrogen) atoms. The Morgan fingerprint density at radius 3 is 2.50 bits per heavy atom. The van der Waals surface area contributed by atoms with Gasteiger partial charge in [0.15, 0.2) is 0 Å². The Morgan fingerprint density at radius 1 is 1.27 bits per heavy atom. The fraction of sp³-hybridized carbons (Fsp3) is 0.316. The fourth-order valence-electron chi connectivity index (χ4n) is 2.81. The van der Waals surface area contributed by atoms with Crippen molar-refractivity contribution in [1.29, 1.82) is 0 Å². The Hall–Kier alpha value is -2.54. The summed E-state index contributed by atoms with van der Waals surface area (Å²) in [7, 11) is 1.60. The van der Waals surface area contributed by atoms with Crippen molar-refractivity contribution in [3.63, 3.8) is 0 Å². The molecular formula is C19H20N2O4S. The number of carbonyl (C=O) groups is 1. The van der Waals surface area contributed by atoms with E-state index >= 15 is 0 Å². The van der Waals surface area contributed by atoms with Gasteiger partial charge in [0.05, 0.1) is 12.0 Å². The largest absolute Gasteiger partial charge is 0.497 e. The molecule has 0 atom stereocenters. The number of nitro groups is 1. The molecule has 2 aromatic rings. The molecule has 0 aliphatic heterocycles. The molecule has 0 N–H and O–H groups in total. The van der Waals surface area contributed by atoms with Gasteiger partial charge in [0.1, 0.15) is 11.3 Å². The lowest BCUT2D eigenvalue weighted by molar-refractivity contribution is -0.385. The molecule has 6 nitrogen and oxygen atoms in total. The molecule has 1 aliphatic carbocycles. The average Bonchev–Trinajstić information content (AvgIpc) is 3.50. The number of benzene rings is 2. The van der Waals surface area contributed by atoms with Gasteiger partial charge in [-0.2, -0.15) is 0 Å². The summed E-state index contributed by atoms with van der Waals surface area (Å²) in [6.45, 7) is 0.425. The summed E-state index contributed by atoms with van der Waals surface area (Å²) in [6, 6.07) is 12.4. The first-order chi connectivity index (χ1) is 12.5. The molecule has 136 valence electrons. The molecule has 7 heteroatoms. The van der Waals surface area contributed by atoms with Gasteiger partial charge in [0, 0.05) is 23.5 Å². The highest BCUT2D eigenvalue weighted by atomic mass is 32.2. The Kier molecular flexibility index (Phi) is 5.46. The van der Waals surface area contributed by atoms with Crippen molar-refractivity contribution in [2.75, 3.05) is 13.4 Å². The zero-order chi connectivity index (χ0) is 18.7. The number of thioether (sulfide) groups is 1. The van der Waals surface area contributed by atoms with E-state index in [-0.39, 0.29) is 23.2 Å². The zero-order valence-corrected chi connectivity index (χ0v) is 15.5. The Balaban J connectivity index is 1.90. The van der Waals surface area contributed by atoms with Crippen molar-refractivity contribution in [2.45, 2.75) is 30.3 Å². The van der Waals surface area contributed by atoms with Gasteiger partial charge in [0.25, 0.3) is 11.6 Å². The smallest absolute Gasteiger partial charge is 0.282 e. The minimum atomic E-state index is -0.490. The van der Waals surface area contributed by atoms with Crippen LogP contribution in [0.25, 0.3) is 0 Å². The van der Waals surface area contributed by atoms with Gasteiger partial charge in [0.2, 0.25) is 0 Å². The maximum absolute atomic E-state index is 13.1. The van der Waals surface area contributed by atoms with E-state index in [0.717, 1.165) is 29.1 Å². The molecule has 3 rings (SSSR count). The van der Waals surface area contributed by atoms with Crippen LogP contribution in [0, 0.1) is 10.1 Å². The Morgan fingerprint density at radius 2 is 1.96 bits per heavy atom. The van der Waals surface area contributed by atoms with Crippen molar-refractivity contribution in [2.24, 2.45) is 0 Å². The molecular weight excluding hydrogens is 352 g/mol. The van der Waals surface area contributed by atoms with Crippen molar-refractivity contribution >= 4 is 23.4 Å². The van der Waals surface area contributed by atoms with Crippen molar-refractivity contribution in [3.05, 3.63) is 63.7 Å². The van der Waals surface area contributed by atoms with Gasteiger partial charge in [-0.3, -0.25) is 14.9 Å². The normalized spacial score (nSPS) is 13.3. The molecule has 0 bridgehead atoms. The number of hydrogen-bond donors (Lipinski definition) is 0. The van der Waals surface area contributed by atoms with Crippen LogP contribution < -0.4 is 4.74 Å². The van der Waals surface area contributed by atoms with Gasteiger partial charge < -0.3 is 9.64 Å². The number of carbonyl (C=O) groups excluding carboxylic acids is 1. The lowest BCUT2D eigenvalue weighted by Crippen LogP contribution is -2.33. The summed E-state index contributed by atoms with van der Waals surface area (Å²) >= 11 is 1.46. The summed E-state index contributed by atoms with van der Waals surface area (Å²) in [5, 5.41) is 11.4. The fourth-order valence-corrected chi connectivity index (χ4v) is 3.25. The van der Waals surface area contributed by atoms with E-state index in [1.54, 1.807) is 24.1 Å². The molecule has 1 saturated carbocycles. The van der Waals surface area contributed by atoms with Crippen molar-refractivity contribution in [1.82, 2.24) is 4.90 Å². The first-order valence-electron chi connectivity index (χ1n) is 8.30. The summed E-state index contributed by atoms with van der Waals surface area (Å²) in [6.07, 6.45) is 3.74. The van der Waals surface area contributed by atoms with Crippen LogP contribution in [0.4, 0.5) is 5.69 Å². The monoisotopic (exact) mass is 372 g/mol. The molecule has 0 spiro atoms. The highest BCUT2D eigenvalue weighted by Gasteiger charge is 2.35. The van der Waals surface area contributed by atoms with E-state index in [2.05, 4.69) is 0 Å². The second-order valence-corrected chi connectivity index (χ2v) is 7.03. The van der Waals surface area contributed by atoms with Crippen LogP contribution in [0.15, 0.2) is 47.4 Å². The average molecular weight is 372 g/mol. The second-order valence-electron chi connectivity index (χ2n) is 6.15. The summed E-state index contributed by atoms with van der Waals surface area (Å²) in [5.41, 5.74) is 0.977. The minimum absolute atomic E-state index is 0.141. The van der Waals surface area contributed by atoms with E-state index in [4.69, 9.17) is 4.74 Å². The maximum atomic E-state index is 13.1. The Labute approximate surface area is 156 Å². The van der Waals surface area contributed by atoms with Crippen LogP contribution in [0.2, 0.25) is 0 Å². The molecule has 0 heterocycles. The number of hydrogen-bond acceptors (Lipinski definition) is 5.